The van der Waals surface area contributed by atoms with Crippen molar-refractivity contribution in [1.29, 1.82) is 0 Å². The molecule has 1 aromatic heterocycles. The number of hydrogen-bond acceptors (Lipinski definition) is 6. The van der Waals surface area contributed by atoms with E-state index in [1.54, 1.807) is 0 Å². The zero-order valence-electron chi connectivity index (χ0n) is 16.8. The van der Waals surface area contributed by atoms with Crippen molar-refractivity contribution < 1.29 is 32.2 Å². The van der Waals surface area contributed by atoms with Gasteiger partial charge in [-0.05, 0) is 43.7 Å². The fourth-order valence-corrected chi connectivity index (χ4v) is 4.43. The molecule has 0 radical (unpaired) electrons. The second-order valence-electron chi connectivity index (χ2n) is 6.92. The Kier molecular flexibility index (Phi) is 6.41. The molecule has 1 atom stereocenters. The summed E-state index contributed by atoms with van der Waals surface area (Å²) < 4.78 is 46.6. The lowest BCUT2D eigenvalue weighted by Crippen LogP contribution is -2.38. The average molecular weight is 452 g/mol. The summed E-state index contributed by atoms with van der Waals surface area (Å²) in [4.78, 5) is 28.6. The number of rotatable bonds is 6. The van der Waals surface area contributed by atoms with E-state index < -0.39 is 33.9 Å². The second-order valence-corrected chi connectivity index (χ2v) is 8.63. The van der Waals surface area contributed by atoms with Crippen molar-refractivity contribution in [2.45, 2.75) is 24.3 Å². The number of nitrogens with one attached hydrogen (secondary N) is 2. The van der Waals surface area contributed by atoms with Crippen LogP contribution in [-0.2, 0) is 10.0 Å². The monoisotopic (exact) mass is 452 g/mol. The first kappa shape index (κ1) is 22.4. The first-order valence-corrected chi connectivity index (χ1v) is 10.7. The van der Waals surface area contributed by atoms with Crippen molar-refractivity contribution in [1.82, 2.24) is 14.6 Å². The summed E-state index contributed by atoms with van der Waals surface area (Å²) in [6.45, 7) is 1.70. The van der Waals surface area contributed by atoms with Gasteiger partial charge in [-0.25, -0.2) is 27.3 Å². The molecule has 2 aromatic rings. The second kappa shape index (κ2) is 8.86. The van der Waals surface area contributed by atoms with E-state index in [9.17, 15) is 22.4 Å². The van der Waals surface area contributed by atoms with Gasteiger partial charge in [-0.2, -0.15) is 0 Å². The number of aromatic nitrogens is 1. The van der Waals surface area contributed by atoms with Crippen molar-refractivity contribution in [2.24, 2.45) is 0 Å². The number of sulfonamides is 1. The number of nitrogens with zero attached hydrogens (tertiary/aromatic N) is 2. The van der Waals surface area contributed by atoms with Crippen LogP contribution in [0.2, 0.25) is 0 Å². The standard InChI is InChI=1S/C19H21FN4O6S/c1-11-15(20)4-6-17(21-11)22-18(25)14-9-13(3-5-16(14)30-2)31(28,29)23-12-7-8-24(10-12)19(26)27/h3-6,9,12,23H,7-8,10H2,1-2H3,(H,26,27)(H,21,22,25). The maximum Gasteiger partial charge on any atom is 0.407 e. The van der Waals surface area contributed by atoms with E-state index in [1.807, 2.05) is 0 Å². The fourth-order valence-electron chi connectivity index (χ4n) is 3.15. The van der Waals surface area contributed by atoms with Gasteiger partial charge in [0, 0.05) is 19.1 Å². The summed E-state index contributed by atoms with van der Waals surface area (Å²) in [5.41, 5.74) is 0.0324. The van der Waals surface area contributed by atoms with Gasteiger partial charge in [-0.1, -0.05) is 0 Å². The van der Waals surface area contributed by atoms with E-state index in [0.717, 1.165) is 17.0 Å². The van der Waals surface area contributed by atoms with E-state index in [-0.39, 0.29) is 40.8 Å². The Labute approximate surface area is 178 Å². The lowest BCUT2D eigenvalue weighted by atomic mass is 10.2. The zero-order valence-corrected chi connectivity index (χ0v) is 17.6. The minimum absolute atomic E-state index is 0.0354. The third-order valence-corrected chi connectivity index (χ3v) is 6.29. The van der Waals surface area contributed by atoms with Gasteiger partial charge in [-0.3, -0.25) is 4.79 Å². The van der Waals surface area contributed by atoms with Crippen LogP contribution in [0.15, 0.2) is 35.2 Å². The number of pyridine rings is 1. The molecule has 1 unspecified atom stereocenters. The molecule has 1 aromatic carbocycles. The molecule has 166 valence electrons. The molecule has 10 nitrogen and oxygen atoms in total. The highest BCUT2D eigenvalue weighted by Gasteiger charge is 2.30. The zero-order chi connectivity index (χ0) is 22.8. The predicted molar refractivity (Wildman–Crippen MR) is 108 cm³/mol. The Balaban J connectivity index is 1.83. The Morgan fingerprint density at radius 3 is 2.65 bits per heavy atom. The summed E-state index contributed by atoms with van der Waals surface area (Å²) in [5, 5.41) is 11.5. The van der Waals surface area contributed by atoms with Gasteiger partial charge in [0.15, 0.2) is 0 Å². The number of methoxy groups -OCH3 is 1. The predicted octanol–water partition coefficient (Wildman–Crippen LogP) is 1.82. The van der Waals surface area contributed by atoms with Crippen molar-refractivity contribution in [3.8, 4) is 5.75 Å². The number of anilines is 1. The number of carbonyl (C=O) groups is 2. The summed E-state index contributed by atoms with van der Waals surface area (Å²) >= 11 is 0. The van der Waals surface area contributed by atoms with Crippen LogP contribution in [-0.4, -0.2) is 61.6 Å². The van der Waals surface area contributed by atoms with Crippen molar-refractivity contribution in [3.63, 3.8) is 0 Å². The van der Waals surface area contributed by atoms with Gasteiger partial charge in [0.05, 0.1) is 23.3 Å². The Morgan fingerprint density at radius 2 is 2.03 bits per heavy atom. The number of hydrogen-bond donors (Lipinski definition) is 3. The highest BCUT2D eigenvalue weighted by atomic mass is 32.2. The largest absolute Gasteiger partial charge is 0.496 e. The first-order valence-electron chi connectivity index (χ1n) is 9.23. The highest BCUT2D eigenvalue weighted by molar-refractivity contribution is 7.89. The molecular weight excluding hydrogens is 431 g/mol. The fraction of sp³-hybridized carbons (Fsp3) is 0.316. The summed E-state index contributed by atoms with van der Waals surface area (Å²) in [5.74, 6) is -0.987. The third-order valence-electron chi connectivity index (χ3n) is 4.77. The number of likely N-dealkylation sites (tertiary alicyclic amines) is 1. The maximum absolute atomic E-state index is 13.4. The molecule has 3 N–H and O–H groups in total. The topological polar surface area (TPSA) is 138 Å². The maximum atomic E-state index is 13.4. The number of ether oxygens (including phenoxy) is 1. The lowest BCUT2D eigenvalue weighted by Gasteiger charge is -2.15. The molecule has 1 aliphatic rings. The first-order chi connectivity index (χ1) is 14.6. The minimum Gasteiger partial charge on any atom is -0.496 e. The molecule has 0 aliphatic carbocycles. The van der Waals surface area contributed by atoms with Gasteiger partial charge in [0.25, 0.3) is 5.91 Å². The van der Waals surface area contributed by atoms with Crippen LogP contribution in [0.4, 0.5) is 15.0 Å². The van der Waals surface area contributed by atoms with Crippen LogP contribution < -0.4 is 14.8 Å². The molecule has 12 heteroatoms. The molecule has 0 bridgehead atoms. The van der Waals surface area contributed by atoms with Crippen LogP contribution in [0, 0.1) is 12.7 Å². The SMILES string of the molecule is COc1ccc(S(=O)(=O)NC2CCN(C(=O)O)C2)cc1C(=O)Nc1ccc(F)c(C)n1. The highest BCUT2D eigenvalue weighted by Crippen LogP contribution is 2.24. The number of benzene rings is 1. The van der Waals surface area contributed by atoms with Crippen LogP contribution in [0.25, 0.3) is 0 Å². The van der Waals surface area contributed by atoms with Gasteiger partial charge in [0.2, 0.25) is 10.0 Å². The summed E-state index contributed by atoms with van der Waals surface area (Å²) in [7, 11) is -2.70. The minimum atomic E-state index is -4.03. The van der Waals surface area contributed by atoms with E-state index in [0.29, 0.717) is 6.42 Å². The Morgan fingerprint density at radius 1 is 1.29 bits per heavy atom. The van der Waals surface area contributed by atoms with Crippen LogP contribution >= 0.6 is 0 Å². The molecule has 1 fully saturated rings. The molecule has 1 aliphatic heterocycles. The van der Waals surface area contributed by atoms with E-state index in [1.165, 1.54) is 32.2 Å². The average Bonchev–Trinajstić information content (AvgIpc) is 3.18. The van der Waals surface area contributed by atoms with Crippen molar-refractivity contribution >= 4 is 27.8 Å². The van der Waals surface area contributed by atoms with Gasteiger partial charge in [-0.15, -0.1) is 0 Å². The van der Waals surface area contributed by atoms with Crippen LogP contribution in [0.3, 0.4) is 0 Å². The summed E-state index contributed by atoms with van der Waals surface area (Å²) in [6, 6.07) is 5.63. The molecule has 0 saturated carbocycles. The molecular formula is C19H21FN4O6S. The molecule has 2 heterocycles. The quantitative estimate of drug-likeness (QED) is 0.608. The Hall–Kier alpha value is -3.25. The molecule has 31 heavy (non-hydrogen) atoms. The van der Waals surface area contributed by atoms with Gasteiger partial charge >= 0.3 is 6.09 Å². The van der Waals surface area contributed by atoms with E-state index in [2.05, 4.69) is 15.0 Å². The van der Waals surface area contributed by atoms with Crippen LogP contribution in [0.5, 0.6) is 5.75 Å². The Bertz CT molecular complexity index is 1120. The summed E-state index contributed by atoms with van der Waals surface area (Å²) in [6.07, 6.45) is -0.778. The third kappa shape index (κ3) is 5.09. The van der Waals surface area contributed by atoms with E-state index >= 15 is 0 Å². The van der Waals surface area contributed by atoms with E-state index in [4.69, 9.17) is 9.84 Å². The van der Waals surface area contributed by atoms with Crippen molar-refractivity contribution in [2.75, 3.05) is 25.5 Å². The number of halogens is 1. The molecule has 1 saturated heterocycles. The van der Waals surface area contributed by atoms with Gasteiger partial charge in [0.1, 0.15) is 17.4 Å². The van der Waals surface area contributed by atoms with Crippen LogP contribution in [0.1, 0.15) is 22.5 Å². The van der Waals surface area contributed by atoms with Crippen molar-refractivity contribution in [3.05, 3.63) is 47.4 Å². The molecule has 3 rings (SSSR count). The lowest BCUT2D eigenvalue weighted by molar-refractivity contribution is 0.102. The number of amides is 2. The normalized spacial score (nSPS) is 16.2. The molecule has 2 amide bonds. The number of carbonyl (C=O) groups excluding carboxylic acids is 1. The smallest absolute Gasteiger partial charge is 0.407 e. The number of aryl methyl sites for hydroxylation is 1. The molecule has 0 spiro atoms. The van der Waals surface area contributed by atoms with Gasteiger partial charge < -0.3 is 20.1 Å². The number of carboxylic acid groups (broad SMARTS) is 1.